The molecular formula is C66H49N. The minimum absolute atomic E-state index is 0.174. The van der Waals surface area contributed by atoms with Crippen LogP contribution in [0.4, 0.5) is 17.1 Å². The zero-order chi connectivity index (χ0) is 44.7. The van der Waals surface area contributed by atoms with Gasteiger partial charge in [0.25, 0.3) is 0 Å². The molecule has 0 saturated heterocycles. The van der Waals surface area contributed by atoms with E-state index in [0.717, 1.165) is 17.1 Å². The number of nitrogens with zero attached hydrogens (tertiary/aromatic N) is 1. The third kappa shape index (κ3) is 6.86. The van der Waals surface area contributed by atoms with Gasteiger partial charge in [-0.15, -0.1) is 0 Å². The van der Waals surface area contributed by atoms with Crippen molar-refractivity contribution in [3.63, 3.8) is 0 Å². The smallest absolute Gasteiger partial charge is 0.0714 e. The second-order valence-electron chi connectivity index (χ2n) is 18.0. The van der Waals surface area contributed by atoms with Gasteiger partial charge in [-0.05, 0) is 114 Å². The summed E-state index contributed by atoms with van der Waals surface area (Å²) in [6.07, 6.45) is 7.22. The fourth-order valence-corrected chi connectivity index (χ4v) is 11.2. The molecule has 0 radical (unpaired) electrons. The summed E-state index contributed by atoms with van der Waals surface area (Å²) >= 11 is 0. The van der Waals surface area contributed by atoms with Crippen LogP contribution >= 0.6 is 0 Å². The maximum absolute atomic E-state index is 2.52. The Balaban J connectivity index is 1.09. The van der Waals surface area contributed by atoms with Crippen LogP contribution in [0.3, 0.4) is 0 Å². The zero-order valence-electron chi connectivity index (χ0n) is 37.5. The maximum Gasteiger partial charge on any atom is 0.0714 e. The number of benzene rings is 10. The van der Waals surface area contributed by atoms with E-state index in [1.807, 2.05) is 0 Å². The Bertz CT molecular complexity index is 3440. The molecule has 0 aromatic heterocycles. The van der Waals surface area contributed by atoms with Gasteiger partial charge in [-0.3, -0.25) is 0 Å². The highest BCUT2D eigenvalue weighted by molar-refractivity contribution is 5.98. The highest BCUT2D eigenvalue weighted by Gasteiger charge is 2.46. The lowest BCUT2D eigenvalue weighted by atomic mass is 9.67. The lowest BCUT2D eigenvalue weighted by Crippen LogP contribution is -2.28. The van der Waals surface area contributed by atoms with Crippen molar-refractivity contribution in [2.75, 3.05) is 4.90 Å². The minimum atomic E-state index is -0.538. The van der Waals surface area contributed by atoms with Gasteiger partial charge >= 0.3 is 0 Å². The van der Waals surface area contributed by atoms with Gasteiger partial charge in [-0.2, -0.15) is 0 Å². The first-order valence-corrected chi connectivity index (χ1v) is 23.5. The van der Waals surface area contributed by atoms with Crippen LogP contribution in [0.1, 0.15) is 46.2 Å². The highest BCUT2D eigenvalue weighted by Crippen LogP contribution is 2.57. The van der Waals surface area contributed by atoms with Crippen molar-refractivity contribution in [1.82, 2.24) is 0 Å². The molecule has 12 rings (SSSR count). The SMILES string of the molecule is CC1C=CC(c2cccc3ccccc23)=CC1c1cccc(N(c2ccc3c(c2)C(c2ccccc2)(c2ccccc2)c2ccccc2-3)c2ccccc2-c2ccccc2-c2ccccc2)c1. The van der Waals surface area contributed by atoms with Gasteiger partial charge in [-0.25, -0.2) is 0 Å². The lowest BCUT2D eigenvalue weighted by molar-refractivity contribution is 0.637. The van der Waals surface area contributed by atoms with E-state index in [4.69, 9.17) is 0 Å². The Morgan fingerprint density at radius 2 is 0.970 bits per heavy atom. The van der Waals surface area contributed by atoms with Gasteiger partial charge in [0.05, 0.1) is 11.1 Å². The molecule has 0 spiro atoms. The van der Waals surface area contributed by atoms with Crippen molar-refractivity contribution < 1.29 is 0 Å². The van der Waals surface area contributed by atoms with Crippen LogP contribution in [0.5, 0.6) is 0 Å². The van der Waals surface area contributed by atoms with Crippen LogP contribution in [0.25, 0.3) is 49.7 Å². The van der Waals surface area contributed by atoms with E-state index in [9.17, 15) is 0 Å². The molecule has 2 aliphatic rings. The monoisotopic (exact) mass is 855 g/mol. The topological polar surface area (TPSA) is 3.24 Å². The number of allylic oxidation sites excluding steroid dienone is 4. The van der Waals surface area contributed by atoms with Crippen molar-refractivity contribution in [3.05, 3.63) is 300 Å². The predicted molar refractivity (Wildman–Crippen MR) is 282 cm³/mol. The normalized spacial score (nSPS) is 15.7. The van der Waals surface area contributed by atoms with Gasteiger partial charge in [0.2, 0.25) is 0 Å². The molecule has 318 valence electrons. The van der Waals surface area contributed by atoms with E-state index in [2.05, 4.69) is 279 Å². The number of rotatable bonds is 9. The summed E-state index contributed by atoms with van der Waals surface area (Å²) in [4.78, 5) is 2.52. The molecule has 67 heavy (non-hydrogen) atoms. The van der Waals surface area contributed by atoms with Crippen LogP contribution < -0.4 is 4.90 Å². The van der Waals surface area contributed by atoms with Gasteiger partial charge in [0.15, 0.2) is 0 Å². The third-order valence-corrected chi connectivity index (χ3v) is 14.3. The molecule has 0 heterocycles. The summed E-state index contributed by atoms with van der Waals surface area (Å²) in [5.41, 5.74) is 19.0. The summed E-state index contributed by atoms with van der Waals surface area (Å²) < 4.78 is 0. The van der Waals surface area contributed by atoms with E-state index >= 15 is 0 Å². The largest absolute Gasteiger partial charge is 0.310 e. The molecule has 0 fully saturated rings. The van der Waals surface area contributed by atoms with E-state index in [1.165, 1.54) is 83.1 Å². The number of fused-ring (bicyclic) bond motifs is 4. The van der Waals surface area contributed by atoms with Gasteiger partial charge in [-0.1, -0.05) is 244 Å². The molecule has 2 atom stereocenters. The second kappa shape index (κ2) is 16.9. The third-order valence-electron chi connectivity index (χ3n) is 14.3. The fourth-order valence-electron chi connectivity index (χ4n) is 11.2. The van der Waals surface area contributed by atoms with Crippen molar-refractivity contribution in [1.29, 1.82) is 0 Å². The summed E-state index contributed by atoms with van der Waals surface area (Å²) in [7, 11) is 0. The molecular weight excluding hydrogens is 807 g/mol. The Kier molecular flexibility index (Phi) is 10.2. The molecule has 0 N–H and O–H groups in total. The Hall–Kier alpha value is -8.26. The van der Waals surface area contributed by atoms with Gasteiger partial charge < -0.3 is 4.90 Å². The summed E-state index contributed by atoms with van der Waals surface area (Å²) in [5, 5.41) is 2.54. The number of hydrogen-bond acceptors (Lipinski definition) is 1. The fraction of sp³-hybridized carbons (Fsp3) is 0.0606. The van der Waals surface area contributed by atoms with Crippen LogP contribution in [0.15, 0.2) is 267 Å². The van der Waals surface area contributed by atoms with E-state index in [1.54, 1.807) is 0 Å². The summed E-state index contributed by atoms with van der Waals surface area (Å²) in [6, 6.07) is 91.8. The molecule has 1 nitrogen and oxygen atoms in total. The molecule has 10 aromatic carbocycles. The minimum Gasteiger partial charge on any atom is -0.310 e. The summed E-state index contributed by atoms with van der Waals surface area (Å²) in [6.45, 7) is 2.35. The first-order valence-electron chi connectivity index (χ1n) is 23.5. The number of anilines is 3. The Morgan fingerprint density at radius 1 is 0.403 bits per heavy atom. The molecule has 0 amide bonds. The lowest BCUT2D eigenvalue weighted by Gasteiger charge is -2.35. The van der Waals surface area contributed by atoms with E-state index < -0.39 is 5.41 Å². The predicted octanol–water partition coefficient (Wildman–Crippen LogP) is 17.4. The first-order chi connectivity index (χ1) is 33.2. The zero-order valence-corrected chi connectivity index (χ0v) is 37.5. The van der Waals surface area contributed by atoms with E-state index in [-0.39, 0.29) is 5.92 Å². The Labute approximate surface area is 394 Å². The van der Waals surface area contributed by atoms with Crippen LogP contribution in [0, 0.1) is 5.92 Å². The maximum atomic E-state index is 2.52. The molecule has 0 aliphatic heterocycles. The van der Waals surface area contributed by atoms with Crippen LogP contribution in [-0.4, -0.2) is 0 Å². The van der Waals surface area contributed by atoms with Crippen molar-refractivity contribution in [2.24, 2.45) is 5.92 Å². The average molecular weight is 856 g/mol. The standard InChI is InChI=1S/C66H49N/c1-46-39-40-50(57-36-20-24-48-23-11-12-31-55(48)57)44-62(46)49-25-19-30-53(43-49)67(65-38-18-16-35-61(65)58-33-14-13-32-56(58)47-21-5-2-6-22-47)54-41-42-60-59-34-15-17-37-63(59)66(64(60)45-54,51-26-7-3-8-27-51)52-28-9-4-10-29-52/h2-46,62H,1H3. The average Bonchev–Trinajstić information content (AvgIpc) is 3.70. The van der Waals surface area contributed by atoms with Crippen molar-refractivity contribution in [2.45, 2.75) is 18.3 Å². The van der Waals surface area contributed by atoms with Gasteiger partial charge in [0, 0.05) is 22.9 Å². The van der Waals surface area contributed by atoms with Gasteiger partial charge in [0.1, 0.15) is 0 Å². The molecule has 0 bridgehead atoms. The summed E-state index contributed by atoms with van der Waals surface area (Å²) in [5.74, 6) is 0.483. The number of hydrogen-bond donors (Lipinski definition) is 0. The quantitative estimate of drug-likeness (QED) is 0.140. The van der Waals surface area contributed by atoms with Crippen LogP contribution in [0.2, 0.25) is 0 Å². The molecule has 2 aliphatic carbocycles. The molecule has 1 heteroatoms. The Morgan fingerprint density at radius 3 is 1.75 bits per heavy atom. The molecule has 0 saturated carbocycles. The van der Waals surface area contributed by atoms with Crippen molar-refractivity contribution >= 4 is 33.4 Å². The van der Waals surface area contributed by atoms with E-state index in [0.29, 0.717) is 5.92 Å². The van der Waals surface area contributed by atoms with Crippen LogP contribution in [-0.2, 0) is 5.41 Å². The molecule has 2 unspecified atom stereocenters. The highest BCUT2D eigenvalue weighted by atomic mass is 15.1. The molecule has 10 aromatic rings. The number of para-hydroxylation sites is 1. The first kappa shape index (κ1) is 40.3. The van der Waals surface area contributed by atoms with Crippen molar-refractivity contribution in [3.8, 4) is 33.4 Å². The second-order valence-corrected chi connectivity index (χ2v) is 18.0.